The van der Waals surface area contributed by atoms with Crippen molar-refractivity contribution in [1.82, 2.24) is 29.5 Å². The van der Waals surface area contributed by atoms with Gasteiger partial charge in [0.25, 0.3) is 5.56 Å². The van der Waals surface area contributed by atoms with Crippen molar-refractivity contribution in [3.63, 3.8) is 0 Å². The second-order valence-electron chi connectivity index (χ2n) is 10.9. The third-order valence-corrected chi connectivity index (χ3v) is 8.41. The Morgan fingerprint density at radius 1 is 1.16 bits per heavy atom. The van der Waals surface area contributed by atoms with E-state index in [1.165, 1.54) is 37.4 Å². The van der Waals surface area contributed by atoms with Gasteiger partial charge < -0.3 is 14.7 Å². The average Bonchev–Trinajstić information content (AvgIpc) is 2.97. The number of fused-ring (bicyclic) bond motifs is 1. The van der Waals surface area contributed by atoms with E-state index >= 15 is 0 Å². The van der Waals surface area contributed by atoms with E-state index < -0.39 is 23.3 Å². The lowest BCUT2D eigenvalue weighted by Gasteiger charge is -2.45. The van der Waals surface area contributed by atoms with Crippen molar-refractivity contribution >= 4 is 28.6 Å². The fourth-order valence-electron chi connectivity index (χ4n) is 6.07. The largest absolute Gasteiger partial charge is 0.418 e. The summed E-state index contributed by atoms with van der Waals surface area (Å²) in [5, 5.41) is 13.9. The quantitative estimate of drug-likeness (QED) is 0.356. The molecule has 2 aliphatic heterocycles. The van der Waals surface area contributed by atoms with Crippen LogP contribution in [-0.2, 0) is 11.0 Å². The molecule has 0 N–H and O–H groups in total. The molecular formula is C30H34F3N9O2. The Balaban J connectivity index is 1.64. The predicted molar refractivity (Wildman–Crippen MR) is 160 cm³/mol. The van der Waals surface area contributed by atoms with E-state index in [0.717, 1.165) is 17.8 Å². The van der Waals surface area contributed by atoms with Crippen LogP contribution in [-0.4, -0.2) is 93.4 Å². The third kappa shape index (κ3) is 5.59. The number of nitrogens with zero attached hydrogens (tertiary/aromatic N) is 9. The summed E-state index contributed by atoms with van der Waals surface area (Å²) in [6.45, 7) is 12.9. The molecule has 2 aromatic heterocycles. The summed E-state index contributed by atoms with van der Waals surface area (Å²) in [6.07, 6.45) is -2.12. The van der Waals surface area contributed by atoms with E-state index in [4.69, 9.17) is 4.98 Å². The first kappa shape index (κ1) is 30.9. The zero-order valence-corrected chi connectivity index (χ0v) is 24.9. The van der Waals surface area contributed by atoms with E-state index in [2.05, 4.69) is 41.5 Å². The molecule has 0 unspecified atom stereocenters. The summed E-state index contributed by atoms with van der Waals surface area (Å²) in [4.78, 5) is 43.6. The number of benzene rings is 1. The van der Waals surface area contributed by atoms with Gasteiger partial charge in [-0.3, -0.25) is 14.5 Å². The highest BCUT2D eigenvalue weighted by Crippen LogP contribution is 2.36. The molecule has 1 atom stereocenters. The number of carbonyl (C=O) groups is 1. The highest BCUT2D eigenvalue weighted by molar-refractivity contribution is 5.90. The monoisotopic (exact) mass is 609 g/mol. The summed E-state index contributed by atoms with van der Waals surface area (Å²) in [5.41, 5.74) is -2.25. The Hall–Kier alpha value is -4.51. The third-order valence-electron chi connectivity index (χ3n) is 8.41. The van der Waals surface area contributed by atoms with Crippen LogP contribution < -0.4 is 15.4 Å². The molecule has 3 aromatic rings. The van der Waals surface area contributed by atoms with Gasteiger partial charge in [0.2, 0.25) is 11.9 Å². The summed E-state index contributed by atoms with van der Waals surface area (Å²) >= 11 is 0. The molecule has 14 heteroatoms. The van der Waals surface area contributed by atoms with E-state index in [-0.39, 0.29) is 59.6 Å². The normalized spacial score (nSPS) is 17.6. The van der Waals surface area contributed by atoms with Crippen molar-refractivity contribution in [3.05, 3.63) is 58.5 Å². The lowest BCUT2D eigenvalue weighted by Crippen LogP contribution is -2.60. The second-order valence-corrected chi connectivity index (χ2v) is 10.9. The second kappa shape index (κ2) is 12.2. The van der Waals surface area contributed by atoms with Gasteiger partial charge in [0.15, 0.2) is 0 Å². The lowest BCUT2D eigenvalue weighted by molar-refractivity contribution is -0.138. The van der Waals surface area contributed by atoms with Crippen LogP contribution in [0.1, 0.15) is 31.4 Å². The lowest BCUT2D eigenvalue weighted by atomic mass is 10.1. The zero-order valence-electron chi connectivity index (χ0n) is 24.9. The molecule has 44 heavy (non-hydrogen) atoms. The average molecular weight is 610 g/mol. The Morgan fingerprint density at radius 2 is 1.89 bits per heavy atom. The molecule has 1 aromatic carbocycles. The molecule has 232 valence electrons. The molecule has 0 saturated carbocycles. The topological polar surface area (TPSA) is 114 Å². The first-order valence-corrected chi connectivity index (χ1v) is 14.5. The minimum absolute atomic E-state index is 0.0358. The van der Waals surface area contributed by atoms with Crippen molar-refractivity contribution < 1.29 is 18.0 Å². The summed E-state index contributed by atoms with van der Waals surface area (Å²) in [5.74, 6) is 0.374. The van der Waals surface area contributed by atoms with Crippen molar-refractivity contribution in [1.29, 1.82) is 5.26 Å². The Labute approximate surface area is 252 Å². The molecule has 5 rings (SSSR count). The summed E-state index contributed by atoms with van der Waals surface area (Å²) in [6, 6.07) is 5.94. The van der Waals surface area contributed by atoms with Gasteiger partial charge in [0.1, 0.15) is 11.3 Å². The maximum absolute atomic E-state index is 14.1. The van der Waals surface area contributed by atoms with Gasteiger partial charge >= 0.3 is 6.18 Å². The Morgan fingerprint density at radius 3 is 2.52 bits per heavy atom. The van der Waals surface area contributed by atoms with E-state index in [0.29, 0.717) is 25.5 Å². The minimum atomic E-state index is -4.71. The van der Waals surface area contributed by atoms with E-state index in [9.17, 15) is 28.0 Å². The number of rotatable bonds is 8. The number of aromatic nitrogens is 4. The summed E-state index contributed by atoms with van der Waals surface area (Å²) < 4.78 is 43.0. The first-order valence-electron chi connectivity index (χ1n) is 14.5. The highest BCUT2D eigenvalue weighted by atomic mass is 19.4. The van der Waals surface area contributed by atoms with Crippen LogP contribution in [0.25, 0.3) is 16.6 Å². The van der Waals surface area contributed by atoms with Gasteiger partial charge in [0.05, 0.1) is 41.4 Å². The van der Waals surface area contributed by atoms with Crippen LogP contribution in [0, 0.1) is 18.3 Å². The van der Waals surface area contributed by atoms with Gasteiger partial charge in [-0.25, -0.2) is 4.98 Å². The van der Waals surface area contributed by atoms with Gasteiger partial charge in [-0.05, 0) is 37.7 Å². The zero-order chi connectivity index (χ0) is 31.8. The number of aryl methyl sites for hydroxylation is 1. The van der Waals surface area contributed by atoms with Gasteiger partial charge in [-0.15, -0.1) is 0 Å². The Bertz CT molecular complexity index is 1670. The standard InChI is InChI=1S/C30H34F3N9O2/c1-5-24(43)41-14-13-39(16-20(41)11-12-34)27-22-15-35-42(23-10-8-9-19(4)25(23)30(31,32)33)28(44)26(22)36-29(37-27)40-17-21(18-40)38(6-2)7-3/h5,8-10,15,20-21H,1,6-7,11,13-14,16-18H2,2-4H3/t20-/m1/s1. The fourth-order valence-corrected chi connectivity index (χ4v) is 6.07. The van der Waals surface area contributed by atoms with Crippen LogP contribution in [0.2, 0.25) is 0 Å². The number of amides is 1. The van der Waals surface area contributed by atoms with Gasteiger partial charge in [-0.1, -0.05) is 32.6 Å². The molecule has 0 radical (unpaired) electrons. The van der Waals surface area contributed by atoms with Crippen LogP contribution in [0.5, 0.6) is 0 Å². The SMILES string of the molecule is C=CC(=O)N1CCN(c2nc(N3CC(N(CC)CC)C3)nc3c(=O)n(-c4cccc(C)c4C(F)(F)F)ncc23)C[C@H]1CC#N. The maximum atomic E-state index is 14.1. The Kier molecular flexibility index (Phi) is 8.60. The van der Waals surface area contributed by atoms with Crippen LogP contribution in [0.15, 0.2) is 41.8 Å². The van der Waals surface area contributed by atoms with Crippen molar-refractivity contribution in [3.8, 4) is 11.8 Å². The van der Waals surface area contributed by atoms with E-state index in [1.54, 1.807) is 4.90 Å². The van der Waals surface area contributed by atoms with Crippen LogP contribution >= 0.6 is 0 Å². The number of carbonyl (C=O) groups excluding carboxylic acids is 1. The van der Waals surface area contributed by atoms with Gasteiger partial charge in [0, 0.05) is 38.8 Å². The number of halogens is 3. The van der Waals surface area contributed by atoms with Gasteiger partial charge in [-0.2, -0.15) is 33.2 Å². The fraction of sp³-hybridized carbons (Fsp3) is 0.467. The first-order chi connectivity index (χ1) is 21.0. The molecule has 2 saturated heterocycles. The number of hydrogen-bond donors (Lipinski definition) is 0. The van der Waals surface area contributed by atoms with Crippen LogP contribution in [0.4, 0.5) is 24.9 Å². The number of alkyl halides is 3. The molecule has 11 nitrogen and oxygen atoms in total. The predicted octanol–water partition coefficient (Wildman–Crippen LogP) is 3.15. The molecule has 1 amide bonds. The highest BCUT2D eigenvalue weighted by Gasteiger charge is 2.38. The molecular weight excluding hydrogens is 575 g/mol. The number of nitriles is 1. The van der Waals surface area contributed by atoms with E-state index in [1.807, 2.05) is 9.80 Å². The molecule has 4 heterocycles. The van der Waals surface area contributed by atoms with Crippen LogP contribution in [0.3, 0.4) is 0 Å². The number of likely N-dealkylation sites (N-methyl/N-ethyl adjacent to an activating group) is 1. The van der Waals surface area contributed by atoms with Crippen molar-refractivity contribution in [2.24, 2.45) is 0 Å². The molecule has 2 aliphatic rings. The minimum Gasteiger partial charge on any atom is -0.352 e. The molecule has 0 aliphatic carbocycles. The van der Waals surface area contributed by atoms with Crippen molar-refractivity contribution in [2.75, 3.05) is 55.6 Å². The number of anilines is 2. The van der Waals surface area contributed by atoms with Crippen molar-refractivity contribution in [2.45, 2.75) is 45.5 Å². The number of hydrogen-bond acceptors (Lipinski definition) is 9. The molecule has 0 bridgehead atoms. The number of piperazine rings is 1. The maximum Gasteiger partial charge on any atom is 0.418 e. The smallest absolute Gasteiger partial charge is 0.352 e. The molecule has 0 spiro atoms. The molecule has 2 fully saturated rings. The summed E-state index contributed by atoms with van der Waals surface area (Å²) in [7, 11) is 0.